The van der Waals surface area contributed by atoms with E-state index in [9.17, 15) is 0 Å². The fourth-order valence-corrected chi connectivity index (χ4v) is 3.49. The van der Waals surface area contributed by atoms with E-state index in [1.807, 2.05) is 0 Å². The van der Waals surface area contributed by atoms with Crippen LogP contribution in [0.5, 0.6) is 0 Å². The Bertz CT molecular complexity index is 410. The predicted molar refractivity (Wildman–Crippen MR) is 83.6 cm³/mol. The maximum atomic E-state index is 3.70. The van der Waals surface area contributed by atoms with E-state index in [-0.39, 0.29) is 0 Å². The van der Waals surface area contributed by atoms with Crippen LogP contribution in [0.1, 0.15) is 49.8 Å². The summed E-state index contributed by atoms with van der Waals surface area (Å²) in [6.07, 6.45) is 5.36. The molecule has 1 fully saturated rings. The van der Waals surface area contributed by atoms with Crippen LogP contribution in [0.4, 0.5) is 0 Å². The van der Waals surface area contributed by atoms with Gasteiger partial charge in [0.05, 0.1) is 0 Å². The number of aryl methyl sites for hydroxylation is 2. The summed E-state index contributed by atoms with van der Waals surface area (Å²) in [4.78, 5) is 0. The summed E-state index contributed by atoms with van der Waals surface area (Å²) in [6, 6.07) is 7.71. The highest BCUT2D eigenvalue weighted by molar-refractivity contribution is 5.30. The number of rotatable bonds is 4. The van der Waals surface area contributed by atoms with Gasteiger partial charge in [-0.2, -0.15) is 0 Å². The van der Waals surface area contributed by atoms with E-state index in [2.05, 4.69) is 51.2 Å². The van der Waals surface area contributed by atoms with E-state index in [1.54, 1.807) is 0 Å². The Morgan fingerprint density at radius 1 is 1.16 bits per heavy atom. The molecule has 1 aliphatic rings. The molecule has 1 aromatic rings. The summed E-state index contributed by atoms with van der Waals surface area (Å²) in [5, 5.41) is 3.70. The van der Waals surface area contributed by atoms with Crippen LogP contribution < -0.4 is 5.32 Å². The smallest absolute Gasteiger partial charge is 0.00985 e. The molecular formula is C18H29N. The highest BCUT2D eigenvalue weighted by Gasteiger charge is 2.27. The predicted octanol–water partition coefficient (Wildman–Crippen LogP) is 4.26. The summed E-state index contributed by atoms with van der Waals surface area (Å²) < 4.78 is 0. The van der Waals surface area contributed by atoms with E-state index < -0.39 is 0 Å². The molecule has 0 aromatic heterocycles. The van der Waals surface area contributed by atoms with Gasteiger partial charge in [0.25, 0.3) is 0 Å². The van der Waals surface area contributed by atoms with Gasteiger partial charge in [-0.05, 0) is 74.6 Å². The molecule has 1 nitrogen and oxygen atoms in total. The molecule has 0 radical (unpaired) electrons. The Morgan fingerprint density at radius 3 is 2.63 bits per heavy atom. The third-order valence-corrected chi connectivity index (χ3v) is 4.78. The zero-order chi connectivity index (χ0) is 13.8. The third kappa shape index (κ3) is 3.82. The molecule has 3 unspecified atom stereocenters. The molecule has 1 heteroatoms. The fourth-order valence-electron chi connectivity index (χ4n) is 3.49. The van der Waals surface area contributed by atoms with Crippen molar-refractivity contribution in [3.05, 3.63) is 34.9 Å². The topological polar surface area (TPSA) is 12.0 Å². The Hall–Kier alpha value is -0.820. The Kier molecular flexibility index (Phi) is 5.04. The fraction of sp³-hybridized carbons (Fsp3) is 0.667. The van der Waals surface area contributed by atoms with Crippen LogP contribution in [0.2, 0.25) is 0 Å². The van der Waals surface area contributed by atoms with Crippen molar-refractivity contribution >= 4 is 0 Å². The minimum Gasteiger partial charge on any atom is -0.314 e. The first-order chi connectivity index (χ1) is 9.10. The quantitative estimate of drug-likeness (QED) is 0.852. The van der Waals surface area contributed by atoms with E-state index in [4.69, 9.17) is 0 Å². The van der Waals surface area contributed by atoms with E-state index in [1.165, 1.54) is 42.4 Å². The summed E-state index contributed by atoms with van der Waals surface area (Å²) in [7, 11) is 0. The lowest BCUT2D eigenvalue weighted by atomic mass is 9.76. The lowest BCUT2D eigenvalue weighted by molar-refractivity contribution is 0.214. The van der Waals surface area contributed by atoms with Gasteiger partial charge in [-0.15, -0.1) is 0 Å². The standard InChI is InChI=1S/C18H29N/c1-5-19-18-9-6-13(2)10-17(18)12-16-8-7-14(3)15(4)11-16/h7-8,11,13,17-19H,5-6,9-10,12H2,1-4H3. The molecule has 0 saturated heterocycles. The maximum absolute atomic E-state index is 3.70. The van der Waals surface area contributed by atoms with Gasteiger partial charge in [-0.3, -0.25) is 0 Å². The molecule has 1 aliphatic carbocycles. The van der Waals surface area contributed by atoms with Crippen LogP contribution in [0, 0.1) is 25.7 Å². The second-order valence-corrected chi connectivity index (χ2v) is 6.47. The van der Waals surface area contributed by atoms with Crippen LogP contribution in [-0.4, -0.2) is 12.6 Å². The number of benzene rings is 1. The van der Waals surface area contributed by atoms with Gasteiger partial charge in [0.1, 0.15) is 0 Å². The van der Waals surface area contributed by atoms with E-state index in [0.29, 0.717) is 0 Å². The largest absolute Gasteiger partial charge is 0.314 e. The molecule has 3 atom stereocenters. The molecule has 1 aromatic carbocycles. The molecule has 0 heterocycles. The molecule has 0 bridgehead atoms. The van der Waals surface area contributed by atoms with Gasteiger partial charge in [-0.25, -0.2) is 0 Å². The maximum Gasteiger partial charge on any atom is 0.00985 e. The summed E-state index contributed by atoms with van der Waals surface area (Å²) in [5.41, 5.74) is 4.36. The lowest BCUT2D eigenvalue weighted by Gasteiger charge is -2.35. The molecule has 0 spiro atoms. The van der Waals surface area contributed by atoms with E-state index in [0.717, 1.165) is 24.4 Å². The molecule has 1 N–H and O–H groups in total. The van der Waals surface area contributed by atoms with Crippen LogP contribution in [0.15, 0.2) is 18.2 Å². The summed E-state index contributed by atoms with van der Waals surface area (Å²) in [5.74, 6) is 1.71. The van der Waals surface area contributed by atoms with Crippen LogP contribution >= 0.6 is 0 Å². The van der Waals surface area contributed by atoms with Crippen molar-refractivity contribution in [1.82, 2.24) is 5.32 Å². The van der Waals surface area contributed by atoms with Crippen molar-refractivity contribution in [3.8, 4) is 0 Å². The number of nitrogens with one attached hydrogen (secondary N) is 1. The van der Waals surface area contributed by atoms with Crippen molar-refractivity contribution in [1.29, 1.82) is 0 Å². The minimum atomic E-state index is 0.725. The Morgan fingerprint density at radius 2 is 1.95 bits per heavy atom. The van der Waals surface area contributed by atoms with Gasteiger partial charge < -0.3 is 5.32 Å². The molecule has 2 rings (SSSR count). The number of hydrogen-bond donors (Lipinski definition) is 1. The molecule has 0 amide bonds. The normalized spacial score (nSPS) is 27.5. The van der Waals surface area contributed by atoms with Crippen molar-refractivity contribution in [3.63, 3.8) is 0 Å². The van der Waals surface area contributed by atoms with Crippen LogP contribution in [-0.2, 0) is 6.42 Å². The van der Waals surface area contributed by atoms with Crippen molar-refractivity contribution in [2.24, 2.45) is 11.8 Å². The van der Waals surface area contributed by atoms with Crippen molar-refractivity contribution in [2.45, 2.75) is 59.4 Å². The van der Waals surface area contributed by atoms with Gasteiger partial charge >= 0.3 is 0 Å². The average Bonchev–Trinajstić information content (AvgIpc) is 2.37. The summed E-state index contributed by atoms with van der Waals surface area (Å²) >= 11 is 0. The average molecular weight is 259 g/mol. The highest BCUT2D eigenvalue weighted by atomic mass is 14.9. The lowest BCUT2D eigenvalue weighted by Crippen LogP contribution is -2.41. The Balaban J connectivity index is 2.07. The Labute approximate surface area is 118 Å². The third-order valence-electron chi connectivity index (χ3n) is 4.78. The van der Waals surface area contributed by atoms with E-state index >= 15 is 0 Å². The second kappa shape index (κ2) is 6.56. The minimum absolute atomic E-state index is 0.725. The number of hydrogen-bond acceptors (Lipinski definition) is 1. The van der Waals surface area contributed by atoms with Gasteiger partial charge in [0.15, 0.2) is 0 Å². The van der Waals surface area contributed by atoms with Gasteiger partial charge in [0, 0.05) is 6.04 Å². The first-order valence-corrected chi connectivity index (χ1v) is 7.89. The molecule has 1 saturated carbocycles. The highest BCUT2D eigenvalue weighted by Crippen LogP contribution is 2.31. The van der Waals surface area contributed by atoms with Crippen LogP contribution in [0.25, 0.3) is 0 Å². The molecule has 106 valence electrons. The molecular weight excluding hydrogens is 230 g/mol. The molecule has 0 aliphatic heterocycles. The van der Waals surface area contributed by atoms with Crippen LogP contribution in [0.3, 0.4) is 0 Å². The zero-order valence-corrected chi connectivity index (χ0v) is 13.0. The second-order valence-electron chi connectivity index (χ2n) is 6.47. The van der Waals surface area contributed by atoms with Gasteiger partial charge in [-0.1, -0.05) is 32.0 Å². The SMILES string of the molecule is CCNC1CCC(C)CC1Cc1ccc(C)c(C)c1. The van der Waals surface area contributed by atoms with Crippen molar-refractivity contribution < 1.29 is 0 Å². The zero-order valence-electron chi connectivity index (χ0n) is 13.0. The molecule has 19 heavy (non-hydrogen) atoms. The summed E-state index contributed by atoms with van der Waals surface area (Å²) in [6.45, 7) is 10.2. The first-order valence-electron chi connectivity index (χ1n) is 7.89. The van der Waals surface area contributed by atoms with Crippen molar-refractivity contribution in [2.75, 3.05) is 6.54 Å². The monoisotopic (exact) mass is 259 g/mol. The van der Waals surface area contributed by atoms with Gasteiger partial charge in [0.2, 0.25) is 0 Å². The first kappa shape index (κ1) is 14.6.